The predicted octanol–water partition coefficient (Wildman–Crippen LogP) is 2.13. The smallest absolute Gasteiger partial charge is 0.408 e. The summed E-state index contributed by atoms with van der Waals surface area (Å²) in [5.41, 5.74) is 0.552. The Morgan fingerprint density at radius 1 is 1.06 bits per heavy atom. The summed E-state index contributed by atoms with van der Waals surface area (Å²) in [7, 11) is 1.35. The normalized spacial score (nSPS) is 13.9. The van der Waals surface area contributed by atoms with Crippen LogP contribution in [0.3, 0.4) is 0 Å². The summed E-state index contributed by atoms with van der Waals surface area (Å²) < 4.78 is 5.16. The lowest BCUT2D eigenvalue weighted by molar-refractivity contribution is -0.135. The van der Waals surface area contributed by atoms with Crippen molar-refractivity contribution in [1.82, 2.24) is 20.9 Å². The van der Waals surface area contributed by atoms with Gasteiger partial charge in [0, 0.05) is 24.9 Å². The molecular weight excluding hydrogens is 484 g/mol. The number of ether oxygens (including phenoxy) is 1. The number of hydrogen-bond donors (Lipinski definition) is 3. The van der Waals surface area contributed by atoms with Crippen molar-refractivity contribution in [1.29, 1.82) is 0 Å². The Labute approximate surface area is 216 Å². The molecule has 1 aromatic carbocycles. The van der Waals surface area contributed by atoms with Gasteiger partial charge in [0.2, 0.25) is 11.8 Å². The van der Waals surface area contributed by atoms with E-state index in [1.165, 1.54) is 18.7 Å². The fraction of sp³-hybridized carbons (Fsp3) is 0.480. The molecular formula is C25H36N4O6S. The van der Waals surface area contributed by atoms with Gasteiger partial charge in [0.05, 0.1) is 11.4 Å². The summed E-state index contributed by atoms with van der Waals surface area (Å²) in [6.45, 7) is 10.4. The lowest BCUT2D eigenvalue weighted by Crippen LogP contribution is -2.51. The number of rotatable bonds is 8. The molecule has 0 aliphatic carbocycles. The first-order valence-electron chi connectivity index (χ1n) is 11.4. The molecule has 2 rings (SSSR count). The number of nitrogens with one attached hydrogen (secondary N) is 3. The predicted molar refractivity (Wildman–Crippen MR) is 139 cm³/mol. The largest absolute Gasteiger partial charge is 0.444 e. The van der Waals surface area contributed by atoms with Crippen molar-refractivity contribution in [2.75, 3.05) is 19.3 Å². The minimum Gasteiger partial charge on any atom is -0.444 e. The molecule has 10 nitrogen and oxygen atoms in total. The zero-order valence-electron chi connectivity index (χ0n) is 21.8. The highest BCUT2D eigenvalue weighted by atomic mass is 32.2. The van der Waals surface area contributed by atoms with Crippen molar-refractivity contribution in [2.45, 2.75) is 59.2 Å². The Morgan fingerprint density at radius 3 is 2.11 bits per heavy atom. The summed E-state index contributed by atoms with van der Waals surface area (Å²) in [5.74, 6) is -1.96. The molecule has 1 aliphatic rings. The molecule has 1 aromatic rings. The Morgan fingerprint density at radius 2 is 1.67 bits per heavy atom. The lowest BCUT2D eigenvalue weighted by Gasteiger charge is -2.23. The van der Waals surface area contributed by atoms with Crippen LogP contribution in [-0.2, 0) is 23.9 Å². The molecule has 0 saturated heterocycles. The van der Waals surface area contributed by atoms with Crippen LogP contribution in [0.2, 0.25) is 0 Å². The van der Waals surface area contributed by atoms with Gasteiger partial charge in [0.25, 0.3) is 11.8 Å². The molecule has 1 heterocycles. The van der Waals surface area contributed by atoms with E-state index in [0.29, 0.717) is 0 Å². The molecule has 11 heteroatoms. The fourth-order valence-electron chi connectivity index (χ4n) is 2.64. The number of aryl methyl sites for hydroxylation is 1. The number of imide groups is 1. The summed E-state index contributed by atoms with van der Waals surface area (Å²) in [4.78, 5) is 61.0. The van der Waals surface area contributed by atoms with Gasteiger partial charge in [0.15, 0.2) is 0 Å². The Balaban J connectivity index is 0.000000789. The quantitative estimate of drug-likeness (QED) is 0.447. The number of thioether (sulfide) groups is 1. The van der Waals surface area contributed by atoms with E-state index >= 15 is 0 Å². The van der Waals surface area contributed by atoms with Gasteiger partial charge < -0.3 is 20.7 Å². The summed E-state index contributed by atoms with van der Waals surface area (Å²) >= 11 is 0.958. The van der Waals surface area contributed by atoms with Crippen LogP contribution in [0, 0.1) is 6.92 Å². The molecule has 198 valence electrons. The third-order valence-corrected chi connectivity index (χ3v) is 5.43. The summed E-state index contributed by atoms with van der Waals surface area (Å²) in [6.07, 6.45) is 0.357. The minimum atomic E-state index is -1.09. The molecule has 0 saturated carbocycles. The van der Waals surface area contributed by atoms with Crippen LogP contribution in [0.15, 0.2) is 41.3 Å². The van der Waals surface area contributed by atoms with Crippen LogP contribution in [-0.4, -0.2) is 71.7 Å². The first kappa shape index (κ1) is 30.7. The number of nitrogens with zero attached hydrogens (tertiary/aromatic N) is 1. The van der Waals surface area contributed by atoms with Crippen LogP contribution in [0.25, 0.3) is 0 Å². The van der Waals surface area contributed by atoms with Crippen molar-refractivity contribution in [2.24, 2.45) is 0 Å². The molecule has 1 unspecified atom stereocenters. The molecule has 0 bridgehead atoms. The second kappa shape index (κ2) is 14.3. The van der Waals surface area contributed by atoms with Crippen molar-refractivity contribution in [3.8, 4) is 0 Å². The fourth-order valence-corrected chi connectivity index (χ4v) is 3.67. The third kappa shape index (κ3) is 11.9. The number of carbonyl (C=O) groups excluding carboxylic acids is 5. The third-order valence-electron chi connectivity index (χ3n) is 4.33. The van der Waals surface area contributed by atoms with Gasteiger partial charge in [-0.15, -0.1) is 11.8 Å². The van der Waals surface area contributed by atoms with E-state index in [0.717, 1.165) is 16.7 Å². The van der Waals surface area contributed by atoms with Gasteiger partial charge >= 0.3 is 6.09 Å². The van der Waals surface area contributed by atoms with Gasteiger partial charge in [-0.25, -0.2) is 4.79 Å². The van der Waals surface area contributed by atoms with Crippen LogP contribution >= 0.6 is 11.8 Å². The number of carbonyl (C=O) groups is 5. The van der Waals surface area contributed by atoms with Gasteiger partial charge in [-0.3, -0.25) is 24.1 Å². The van der Waals surface area contributed by atoms with Crippen LogP contribution < -0.4 is 16.0 Å². The first-order valence-corrected chi connectivity index (χ1v) is 12.4. The van der Waals surface area contributed by atoms with Gasteiger partial charge in [-0.05, 0) is 41.5 Å². The minimum absolute atomic E-state index is 0.0322. The lowest BCUT2D eigenvalue weighted by atomic mass is 10.2. The maximum absolute atomic E-state index is 12.5. The molecule has 3 N–H and O–H groups in total. The SMILES string of the molecule is CC(C)NC(=O)CNC(=O)C(CSC1=CC(=O)N(C)C1=O)NC(=O)OC(C)(C)C.Cc1ccccc1. The molecule has 36 heavy (non-hydrogen) atoms. The summed E-state index contributed by atoms with van der Waals surface area (Å²) in [6, 6.07) is 9.09. The molecule has 0 radical (unpaired) electrons. The topological polar surface area (TPSA) is 134 Å². The second-order valence-corrected chi connectivity index (χ2v) is 10.4. The Kier molecular flexibility index (Phi) is 12.2. The Bertz CT molecular complexity index is 973. The highest BCUT2D eigenvalue weighted by Crippen LogP contribution is 2.24. The second-order valence-electron chi connectivity index (χ2n) is 9.32. The van der Waals surface area contributed by atoms with E-state index in [1.54, 1.807) is 34.6 Å². The van der Waals surface area contributed by atoms with E-state index in [-0.39, 0.29) is 29.2 Å². The number of hydrogen-bond acceptors (Lipinski definition) is 7. The monoisotopic (exact) mass is 520 g/mol. The van der Waals surface area contributed by atoms with E-state index < -0.39 is 35.5 Å². The molecule has 0 spiro atoms. The highest BCUT2D eigenvalue weighted by Gasteiger charge is 2.31. The van der Waals surface area contributed by atoms with Crippen molar-refractivity contribution in [3.05, 3.63) is 46.9 Å². The number of benzene rings is 1. The molecule has 1 atom stereocenters. The first-order chi connectivity index (χ1) is 16.7. The zero-order valence-corrected chi connectivity index (χ0v) is 22.7. The number of amides is 5. The van der Waals surface area contributed by atoms with Crippen molar-refractivity contribution >= 4 is 41.5 Å². The number of alkyl carbamates (subject to hydrolysis) is 1. The molecule has 0 fully saturated rings. The van der Waals surface area contributed by atoms with E-state index in [2.05, 4.69) is 35.0 Å². The van der Waals surface area contributed by atoms with Crippen molar-refractivity contribution in [3.63, 3.8) is 0 Å². The Hall–Kier alpha value is -3.34. The van der Waals surface area contributed by atoms with Crippen LogP contribution in [0.4, 0.5) is 4.79 Å². The van der Waals surface area contributed by atoms with Gasteiger partial charge in [-0.1, -0.05) is 35.9 Å². The van der Waals surface area contributed by atoms with Gasteiger partial charge in [0.1, 0.15) is 11.6 Å². The maximum atomic E-state index is 12.5. The van der Waals surface area contributed by atoms with Crippen LogP contribution in [0.5, 0.6) is 0 Å². The van der Waals surface area contributed by atoms with E-state index in [9.17, 15) is 24.0 Å². The molecule has 5 amide bonds. The van der Waals surface area contributed by atoms with E-state index in [1.807, 2.05) is 18.2 Å². The van der Waals surface area contributed by atoms with Crippen LogP contribution in [0.1, 0.15) is 40.2 Å². The summed E-state index contributed by atoms with van der Waals surface area (Å²) in [5, 5.41) is 7.51. The highest BCUT2D eigenvalue weighted by molar-refractivity contribution is 8.04. The van der Waals surface area contributed by atoms with E-state index in [4.69, 9.17) is 4.74 Å². The molecule has 1 aliphatic heterocycles. The molecule has 0 aromatic heterocycles. The maximum Gasteiger partial charge on any atom is 0.408 e. The average molecular weight is 521 g/mol. The number of likely N-dealkylation sites (N-methyl/N-ethyl adjacent to an activating group) is 1. The zero-order chi connectivity index (χ0) is 27.5. The average Bonchev–Trinajstić information content (AvgIpc) is 3.01. The standard InChI is InChI=1S/C18H28N4O6S.C7H8/c1-10(2)20-13(23)8-19-15(25)11(21-17(27)28-18(3,4)5)9-29-12-7-14(24)22(6)16(12)26;1-7-5-3-2-4-6-7/h7,10-11H,8-9H2,1-6H3,(H,19,25)(H,20,23)(H,21,27);2-6H,1H3. The van der Waals surface area contributed by atoms with Gasteiger partial charge in [-0.2, -0.15) is 0 Å². The van der Waals surface area contributed by atoms with Crippen molar-refractivity contribution < 1.29 is 28.7 Å².